The molecule has 0 bridgehead atoms. The third-order valence-corrected chi connectivity index (χ3v) is 3.62. The van der Waals surface area contributed by atoms with E-state index in [0.717, 1.165) is 19.4 Å². The minimum absolute atomic E-state index is 0.118. The highest BCUT2D eigenvalue weighted by Crippen LogP contribution is 2.51. The summed E-state index contributed by atoms with van der Waals surface area (Å²) in [7, 11) is 0. The molecule has 0 aromatic rings. The van der Waals surface area contributed by atoms with E-state index in [1.807, 2.05) is 0 Å². The van der Waals surface area contributed by atoms with E-state index >= 15 is 0 Å². The van der Waals surface area contributed by atoms with Gasteiger partial charge >= 0.3 is 5.97 Å². The molecule has 1 aliphatic rings. The van der Waals surface area contributed by atoms with Crippen molar-refractivity contribution in [3.63, 3.8) is 0 Å². The molecule has 1 saturated carbocycles. The van der Waals surface area contributed by atoms with Crippen LogP contribution >= 0.6 is 0 Å². The molecule has 1 fully saturated rings. The smallest absolute Gasteiger partial charge is 0.319 e. The minimum atomic E-state index is -0.118. The Morgan fingerprint density at radius 2 is 2.12 bits per heavy atom. The second-order valence-corrected chi connectivity index (χ2v) is 5.19. The fourth-order valence-corrected chi connectivity index (χ4v) is 1.91. The van der Waals surface area contributed by atoms with Gasteiger partial charge < -0.3 is 10.1 Å². The van der Waals surface area contributed by atoms with Gasteiger partial charge in [0.1, 0.15) is 0 Å². The lowest BCUT2D eigenvalue weighted by Gasteiger charge is -2.19. The Morgan fingerprint density at radius 1 is 1.44 bits per heavy atom. The Kier molecular flexibility index (Phi) is 5.26. The van der Waals surface area contributed by atoms with Crippen molar-refractivity contribution in [1.82, 2.24) is 5.32 Å². The maximum absolute atomic E-state index is 11.3. The number of rotatable bonds is 8. The van der Waals surface area contributed by atoms with Crippen LogP contribution in [0, 0.1) is 11.3 Å². The number of nitrogens with one attached hydrogen (secondary N) is 1. The number of hydrogen-bond acceptors (Lipinski definition) is 3. The van der Waals surface area contributed by atoms with Crippen LogP contribution in [0.4, 0.5) is 0 Å². The van der Waals surface area contributed by atoms with Gasteiger partial charge in [-0.1, -0.05) is 27.2 Å². The lowest BCUT2D eigenvalue weighted by Crippen LogP contribution is -2.32. The van der Waals surface area contributed by atoms with Crippen molar-refractivity contribution in [2.45, 2.75) is 46.5 Å². The van der Waals surface area contributed by atoms with Crippen LogP contribution in [0.25, 0.3) is 0 Å². The number of ether oxygens (including phenoxy) is 1. The topological polar surface area (TPSA) is 38.3 Å². The van der Waals surface area contributed by atoms with Gasteiger partial charge in [0.15, 0.2) is 0 Å². The van der Waals surface area contributed by atoms with Crippen LogP contribution in [-0.2, 0) is 9.53 Å². The van der Waals surface area contributed by atoms with E-state index in [4.69, 9.17) is 4.74 Å². The maximum Gasteiger partial charge on any atom is 0.319 e. The third-order valence-electron chi connectivity index (χ3n) is 3.62. The van der Waals surface area contributed by atoms with Gasteiger partial charge in [0.05, 0.1) is 13.2 Å². The van der Waals surface area contributed by atoms with Crippen molar-refractivity contribution < 1.29 is 9.53 Å². The number of carbonyl (C=O) groups is 1. The third kappa shape index (κ3) is 4.12. The Hall–Kier alpha value is -0.570. The Labute approximate surface area is 98.9 Å². The highest BCUT2D eigenvalue weighted by Gasteiger charge is 2.44. The summed E-state index contributed by atoms with van der Waals surface area (Å²) in [5.41, 5.74) is 0.462. The van der Waals surface area contributed by atoms with Crippen molar-refractivity contribution in [2.75, 3.05) is 19.7 Å². The van der Waals surface area contributed by atoms with Crippen molar-refractivity contribution >= 4 is 5.97 Å². The molecule has 0 amide bonds. The van der Waals surface area contributed by atoms with Crippen LogP contribution in [0.3, 0.4) is 0 Å². The molecular formula is C13H25NO2. The van der Waals surface area contributed by atoms with Gasteiger partial charge in [0.25, 0.3) is 0 Å². The maximum atomic E-state index is 11.3. The summed E-state index contributed by atoms with van der Waals surface area (Å²) in [5.74, 6) is 0.587. The van der Waals surface area contributed by atoms with Crippen molar-refractivity contribution in [1.29, 1.82) is 0 Å². The van der Waals surface area contributed by atoms with Gasteiger partial charge in [-0.25, -0.2) is 0 Å². The lowest BCUT2D eigenvalue weighted by molar-refractivity contribution is -0.142. The van der Waals surface area contributed by atoms with Crippen LogP contribution in [-0.4, -0.2) is 25.7 Å². The molecule has 16 heavy (non-hydrogen) atoms. The molecular weight excluding hydrogens is 202 g/mol. The van der Waals surface area contributed by atoms with E-state index < -0.39 is 0 Å². The summed E-state index contributed by atoms with van der Waals surface area (Å²) in [6.07, 6.45) is 4.62. The van der Waals surface area contributed by atoms with Gasteiger partial charge in [0, 0.05) is 6.54 Å². The van der Waals surface area contributed by atoms with E-state index in [-0.39, 0.29) is 5.97 Å². The minimum Gasteiger partial charge on any atom is -0.465 e. The van der Waals surface area contributed by atoms with E-state index in [9.17, 15) is 4.79 Å². The van der Waals surface area contributed by atoms with Gasteiger partial charge in [-0.2, -0.15) is 0 Å². The Bertz CT molecular complexity index is 222. The Balaban J connectivity index is 2.04. The summed E-state index contributed by atoms with van der Waals surface area (Å²) in [5, 5.41) is 3.22. The van der Waals surface area contributed by atoms with Crippen molar-refractivity contribution in [3.8, 4) is 0 Å². The lowest BCUT2D eigenvalue weighted by atomic mass is 9.92. The summed E-state index contributed by atoms with van der Waals surface area (Å²) in [4.78, 5) is 11.3. The number of carbonyl (C=O) groups excluding carboxylic acids is 1. The van der Waals surface area contributed by atoms with Crippen LogP contribution in [0.5, 0.6) is 0 Å². The molecule has 1 rings (SSSR count). The number of esters is 1. The first kappa shape index (κ1) is 13.5. The zero-order valence-corrected chi connectivity index (χ0v) is 10.8. The molecule has 0 aromatic heterocycles. The average Bonchev–Trinajstić information content (AvgIpc) is 2.99. The van der Waals surface area contributed by atoms with Crippen LogP contribution in [0.1, 0.15) is 46.5 Å². The van der Waals surface area contributed by atoms with E-state index in [1.54, 1.807) is 0 Å². The molecule has 0 unspecified atom stereocenters. The van der Waals surface area contributed by atoms with Gasteiger partial charge in [0.2, 0.25) is 0 Å². The highest BCUT2D eigenvalue weighted by molar-refractivity contribution is 5.71. The first-order chi connectivity index (χ1) is 7.60. The number of unbranched alkanes of at least 4 members (excludes halogenated alkanes) is 1. The molecule has 94 valence electrons. The predicted molar refractivity (Wildman–Crippen MR) is 65.2 cm³/mol. The summed E-state index contributed by atoms with van der Waals surface area (Å²) in [6.45, 7) is 8.48. The largest absolute Gasteiger partial charge is 0.465 e. The summed E-state index contributed by atoms with van der Waals surface area (Å²) < 4.78 is 5.08. The standard InChI is InChI=1S/C13H25NO2/c1-4-5-8-16-12(15)9-14-10-13(6-7-13)11(2)3/h11,14H,4-10H2,1-3H3. The first-order valence-corrected chi connectivity index (χ1v) is 6.47. The highest BCUT2D eigenvalue weighted by atomic mass is 16.5. The fourth-order valence-electron chi connectivity index (χ4n) is 1.91. The van der Waals surface area contributed by atoms with Gasteiger partial charge in [-0.3, -0.25) is 4.79 Å². The molecule has 0 heterocycles. The molecule has 1 N–H and O–H groups in total. The van der Waals surface area contributed by atoms with Crippen molar-refractivity contribution in [3.05, 3.63) is 0 Å². The second-order valence-electron chi connectivity index (χ2n) is 5.19. The quantitative estimate of drug-likeness (QED) is 0.511. The average molecular weight is 227 g/mol. The molecule has 0 aliphatic heterocycles. The molecule has 1 aliphatic carbocycles. The molecule has 3 nitrogen and oxygen atoms in total. The van der Waals surface area contributed by atoms with E-state index in [1.165, 1.54) is 12.8 Å². The molecule has 3 heteroatoms. The zero-order valence-electron chi connectivity index (χ0n) is 10.8. The molecule has 0 radical (unpaired) electrons. The van der Waals surface area contributed by atoms with Crippen LogP contribution in [0.15, 0.2) is 0 Å². The second kappa shape index (κ2) is 6.24. The van der Waals surface area contributed by atoms with Gasteiger partial charge in [-0.15, -0.1) is 0 Å². The fraction of sp³-hybridized carbons (Fsp3) is 0.923. The SMILES string of the molecule is CCCCOC(=O)CNCC1(C(C)C)CC1. The van der Waals surface area contributed by atoms with E-state index in [0.29, 0.717) is 24.5 Å². The van der Waals surface area contributed by atoms with E-state index in [2.05, 4.69) is 26.1 Å². The van der Waals surface area contributed by atoms with Crippen LogP contribution < -0.4 is 5.32 Å². The van der Waals surface area contributed by atoms with Crippen molar-refractivity contribution in [2.24, 2.45) is 11.3 Å². The number of hydrogen-bond donors (Lipinski definition) is 1. The van der Waals surface area contributed by atoms with Crippen LogP contribution in [0.2, 0.25) is 0 Å². The monoisotopic (exact) mass is 227 g/mol. The normalized spacial score (nSPS) is 17.5. The zero-order chi connectivity index (χ0) is 12.0. The molecule has 0 spiro atoms. The summed E-state index contributed by atoms with van der Waals surface area (Å²) >= 11 is 0. The molecule has 0 atom stereocenters. The van der Waals surface area contributed by atoms with Gasteiger partial charge in [-0.05, 0) is 30.6 Å². The Morgan fingerprint density at radius 3 is 2.62 bits per heavy atom. The first-order valence-electron chi connectivity index (χ1n) is 6.47. The molecule has 0 aromatic carbocycles. The molecule has 0 saturated heterocycles. The predicted octanol–water partition coefficient (Wildman–Crippen LogP) is 2.36. The summed E-state index contributed by atoms with van der Waals surface area (Å²) in [6, 6.07) is 0.